The van der Waals surface area contributed by atoms with Crippen LogP contribution in [0.3, 0.4) is 0 Å². The Labute approximate surface area is 117 Å². The Bertz CT molecular complexity index is 404. The van der Waals surface area contributed by atoms with Gasteiger partial charge in [-0.15, -0.1) is 5.10 Å². The molecule has 0 aliphatic carbocycles. The van der Waals surface area contributed by atoms with Crippen molar-refractivity contribution in [2.45, 2.75) is 19.8 Å². The van der Waals surface area contributed by atoms with Gasteiger partial charge in [-0.2, -0.15) is 0 Å². The fourth-order valence-corrected chi connectivity index (χ4v) is 2.69. The largest absolute Gasteiger partial charge is 0.379 e. The van der Waals surface area contributed by atoms with Crippen LogP contribution in [0, 0.1) is 0 Å². The third-order valence-electron chi connectivity index (χ3n) is 3.14. The summed E-state index contributed by atoms with van der Waals surface area (Å²) in [6, 6.07) is 0. The predicted molar refractivity (Wildman–Crippen MR) is 73.5 cm³/mol. The van der Waals surface area contributed by atoms with Crippen LogP contribution in [0.1, 0.15) is 28.7 Å². The zero-order valence-corrected chi connectivity index (χ0v) is 12.0. The second-order valence-corrected chi connectivity index (χ2v) is 5.22. The Hall–Kier alpha value is -1.05. The monoisotopic (exact) mass is 284 g/mol. The molecule has 1 amide bonds. The number of ether oxygens (including phenoxy) is 1. The number of aryl methyl sites for hydroxylation is 1. The van der Waals surface area contributed by atoms with Gasteiger partial charge in [-0.3, -0.25) is 9.69 Å². The lowest BCUT2D eigenvalue weighted by Gasteiger charge is -2.26. The Morgan fingerprint density at radius 2 is 2.26 bits per heavy atom. The van der Waals surface area contributed by atoms with Crippen molar-refractivity contribution in [3.05, 3.63) is 10.6 Å². The van der Waals surface area contributed by atoms with Gasteiger partial charge in [0.25, 0.3) is 5.91 Å². The first-order valence-corrected chi connectivity index (χ1v) is 7.48. The second kappa shape index (κ2) is 7.52. The highest BCUT2D eigenvalue weighted by Gasteiger charge is 2.14. The van der Waals surface area contributed by atoms with E-state index in [1.165, 1.54) is 11.5 Å². The third kappa shape index (κ3) is 4.22. The molecule has 19 heavy (non-hydrogen) atoms. The maximum absolute atomic E-state index is 11.9. The average molecular weight is 284 g/mol. The first-order valence-electron chi connectivity index (χ1n) is 6.70. The molecule has 6 nitrogen and oxygen atoms in total. The highest BCUT2D eigenvalue weighted by Crippen LogP contribution is 2.10. The first kappa shape index (κ1) is 14.4. The van der Waals surface area contributed by atoms with Crippen molar-refractivity contribution in [1.29, 1.82) is 0 Å². The van der Waals surface area contributed by atoms with Crippen LogP contribution in [0.25, 0.3) is 0 Å². The van der Waals surface area contributed by atoms with E-state index in [1.54, 1.807) is 0 Å². The maximum Gasteiger partial charge on any atom is 0.264 e. The zero-order valence-electron chi connectivity index (χ0n) is 11.2. The number of nitrogens with one attached hydrogen (secondary N) is 1. The predicted octanol–water partition coefficient (Wildman–Crippen LogP) is 0.553. The average Bonchev–Trinajstić information content (AvgIpc) is 2.93. The van der Waals surface area contributed by atoms with Gasteiger partial charge in [-0.05, 0) is 30.9 Å². The van der Waals surface area contributed by atoms with Gasteiger partial charge in [-0.1, -0.05) is 11.4 Å². The molecule has 1 aliphatic rings. The molecular formula is C12H20N4O2S. The van der Waals surface area contributed by atoms with Crippen LogP contribution in [0.4, 0.5) is 0 Å². The van der Waals surface area contributed by atoms with Gasteiger partial charge < -0.3 is 10.1 Å². The minimum absolute atomic E-state index is 0.0474. The van der Waals surface area contributed by atoms with Crippen molar-refractivity contribution in [2.75, 3.05) is 39.4 Å². The highest BCUT2D eigenvalue weighted by atomic mass is 32.1. The summed E-state index contributed by atoms with van der Waals surface area (Å²) in [6.07, 6.45) is 1.70. The lowest BCUT2D eigenvalue weighted by molar-refractivity contribution is 0.0374. The molecule has 1 aromatic rings. The molecule has 2 rings (SSSR count). The molecule has 0 unspecified atom stereocenters. The maximum atomic E-state index is 11.9. The highest BCUT2D eigenvalue weighted by molar-refractivity contribution is 7.08. The van der Waals surface area contributed by atoms with E-state index in [0.29, 0.717) is 11.4 Å². The molecule has 1 N–H and O–H groups in total. The molecule has 0 saturated carbocycles. The normalized spacial score (nSPS) is 16.5. The number of rotatable bonds is 6. The Kier molecular flexibility index (Phi) is 5.68. The molecule has 1 fully saturated rings. The number of nitrogens with zero attached hydrogens (tertiary/aromatic N) is 3. The van der Waals surface area contributed by atoms with Crippen molar-refractivity contribution in [1.82, 2.24) is 19.8 Å². The quantitative estimate of drug-likeness (QED) is 0.773. The van der Waals surface area contributed by atoms with Crippen molar-refractivity contribution in [3.63, 3.8) is 0 Å². The van der Waals surface area contributed by atoms with E-state index in [1.807, 2.05) is 6.92 Å². The summed E-state index contributed by atoms with van der Waals surface area (Å²) in [4.78, 5) is 14.9. The van der Waals surface area contributed by atoms with E-state index in [4.69, 9.17) is 4.74 Å². The first-order chi connectivity index (χ1) is 9.31. The second-order valence-electron chi connectivity index (χ2n) is 4.47. The van der Waals surface area contributed by atoms with Gasteiger partial charge in [0.05, 0.1) is 18.9 Å². The Balaban J connectivity index is 1.66. The van der Waals surface area contributed by atoms with Crippen molar-refractivity contribution < 1.29 is 9.53 Å². The SMILES string of the molecule is CCc1nnsc1C(=O)NCCCN1CCOCC1. The lowest BCUT2D eigenvalue weighted by atomic mass is 10.3. The lowest BCUT2D eigenvalue weighted by Crippen LogP contribution is -2.38. The van der Waals surface area contributed by atoms with Gasteiger partial charge in [-0.25, -0.2) is 0 Å². The molecular weight excluding hydrogens is 264 g/mol. The van der Waals surface area contributed by atoms with Gasteiger partial charge in [0, 0.05) is 19.6 Å². The van der Waals surface area contributed by atoms with Crippen molar-refractivity contribution in [3.8, 4) is 0 Å². The van der Waals surface area contributed by atoms with Gasteiger partial charge in [0.1, 0.15) is 4.88 Å². The van der Waals surface area contributed by atoms with E-state index in [0.717, 1.165) is 51.4 Å². The van der Waals surface area contributed by atoms with Gasteiger partial charge in [0.2, 0.25) is 0 Å². The number of hydrogen-bond acceptors (Lipinski definition) is 6. The zero-order chi connectivity index (χ0) is 13.5. The molecule has 0 aromatic carbocycles. The van der Waals surface area contributed by atoms with Crippen LogP contribution < -0.4 is 5.32 Å². The smallest absolute Gasteiger partial charge is 0.264 e. The summed E-state index contributed by atoms with van der Waals surface area (Å²) in [5, 5.41) is 6.88. The third-order valence-corrected chi connectivity index (χ3v) is 3.90. The number of hydrogen-bond donors (Lipinski definition) is 1. The molecule has 0 atom stereocenters. The summed E-state index contributed by atoms with van der Waals surface area (Å²) >= 11 is 1.17. The topological polar surface area (TPSA) is 67.4 Å². The van der Waals surface area contributed by atoms with Crippen LogP contribution in [0.15, 0.2) is 0 Å². The van der Waals surface area contributed by atoms with Crippen LogP contribution in [-0.2, 0) is 11.2 Å². The van der Waals surface area contributed by atoms with Crippen LogP contribution in [0.5, 0.6) is 0 Å². The number of aromatic nitrogens is 2. The number of carbonyl (C=O) groups excluding carboxylic acids is 1. The molecule has 0 bridgehead atoms. The molecule has 1 aliphatic heterocycles. The van der Waals surface area contributed by atoms with E-state index < -0.39 is 0 Å². The summed E-state index contributed by atoms with van der Waals surface area (Å²) in [5.41, 5.74) is 0.788. The van der Waals surface area contributed by atoms with Crippen LogP contribution in [0.2, 0.25) is 0 Å². The molecule has 7 heteroatoms. The van der Waals surface area contributed by atoms with E-state index in [-0.39, 0.29) is 5.91 Å². The Morgan fingerprint density at radius 3 is 3.00 bits per heavy atom. The van der Waals surface area contributed by atoms with E-state index in [2.05, 4.69) is 19.8 Å². The van der Waals surface area contributed by atoms with E-state index in [9.17, 15) is 4.79 Å². The summed E-state index contributed by atoms with van der Waals surface area (Å²) in [7, 11) is 0. The molecule has 1 aromatic heterocycles. The minimum Gasteiger partial charge on any atom is -0.379 e. The van der Waals surface area contributed by atoms with Gasteiger partial charge in [0.15, 0.2) is 0 Å². The fraction of sp³-hybridized carbons (Fsp3) is 0.750. The summed E-state index contributed by atoms with van der Waals surface area (Å²) < 4.78 is 9.12. The molecule has 0 spiro atoms. The van der Waals surface area contributed by atoms with Crippen molar-refractivity contribution in [2.24, 2.45) is 0 Å². The summed E-state index contributed by atoms with van der Waals surface area (Å²) in [6.45, 7) is 7.30. The summed E-state index contributed by atoms with van der Waals surface area (Å²) in [5.74, 6) is -0.0474. The van der Waals surface area contributed by atoms with Crippen molar-refractivity contribution >= 4 is 17.4 Å². The van der Waals surface area contributed by atoms with Crippen LogP contribution >= 0.6 is 11.5 Å². The standard InChI is InChI=1S/C12H20N4O2S/c1-2-10-11(19-15-14-10)12(17)13-4-3-5-16-6-8-18-9-7-16/h2-9H2,1H3,(H,13,17). The number of carbonyl (C=O) groups is 1. The minimum atomic E-state index is -0.0474. The number of morpholine rings is 1. The number of amides is 1. The van der Waals surface area contributed by atoms with E-state index >= 15 is 0 Å². The molecule has 0 radical (unpaired) electrons. The molecule has 1 saturated heterocycles. The molecule has 106 valence electrons. The van der Waals surface area contributed by atoms with Gasteiger partial charge >= 0.3 is 0 Å². The molecule has 2 heterocycles. The van der Waals surface area contributed by atoms with Crippen LogP contribution in [-0.4, -0.2) is 59.8 Å². The Morgan fingerprint density at radius 1 is 1.47 bits per heavy atom. The fourth-order valence-electron chi connectivity index (χ4n) is 2.02.